The maximum absolute atomic E-state index is 13.7. The van der Waals surface area contributed by atoms with Crippen LogP contribution in [-0.2, 0) is 18.3 Å². The van der Waals surface area contributed by atoms with E-state index in [9.17, 15) is 9.18 Å². The standard InChI is InChI=1S/C21H19FN2O2/c1-12(2)19(25)8-13-4-6-17-20(9-13)26-21(23-17)16-11-24(3)18-7-5-14(22)10-15(16)18/h4-7,9-12H,8H2,1-3H3. The molecule has 0 spiro atoms. The summed E-state index contributed by atoms with van der Waals surface area (Å²) >= 11 is 0. The minimum Gasteiger partial charge on any atom is -0.436 e. The fourth-order valence-electron chi connectivity index (χ4n) is 3.13. The Kier molecular flexibility index (Phi) is 3.87. The highest BCUT2D eigenvalue weighted by atomic mass is 19.1. The molecule has 2 heterocycles. The van der Waals surface area contributed by atoms with Crippen LogP contribution in [0.2, 0.25) is 0 Å². The van der Waals surface area contributed by atoms with Gasteiger partial charge in [0.2, 0.25) is 5.89 Å². The maximum atomic E-state index is 13.7. The number of oxazole rings is 1. The molecule has 0 aliphatic rings. The van der Waals surface area contributed by atoms with Crippen LogP contribution in [0.25, 0.3) is 33.5 Å². The molecule has 2 aromatic carbocycles. The molecule has 5 heteroatoms. The van der Waals surface area contributed by atoms with Crippen molar-refractivity contribution in [2.75, 3.05) is 0 Å². The lowest BCUT2D eigenvalue weighted by Gasteiger charge is -2.03. The number of carbonyl (C=O) groups excluding carboxylic acids is 1. The second-order valence-electron chi connectivity index (χ2n) is 6.93. The van der Waals surface area contributed by atoms with Crippen LogP contribution in [-0.4, -0.2) is 15.3 Å². The first-order valence-corrected chi connectivity index (χ1v) is 8.59. The molecule has 0 radical (unpaired) electrons. The van der Waals surface area contributed by atoms with Gasteiger partial charge in [0, 0.05) is 36.5 Å². The molecule has 0 aliphatic heterocycles. The molecule has 4 rings (SSSR count). The van der Waals surface area contributed by atoms with Crippen molar-refractivity contribution in [2.24, 2.45) is 13.0 Å². The van der Waals surface area contributed by atoms with Crippen LogP contribution < -0.4 is 0 Å². The lowest BCUT2D eigenvalue weighted by molar-refractivity contribution is -0.121. The van der Waals surface area contributed by atoms with E-state index in [1.54, 1.807) is 6.07 Å². The SMILES string of the molecule is CC(C)C(=O)Cc1ccc2nc(-c3cn(C)c4ccc(F)cc34)oc2c1. The second-order valence-corrected chi connectivity index (χ2v) is 6.93. The number of carbonyl (C=O) groups is 1. The first kappa shape index (κ1) is 16.5. The van der Waals surface area contributed by atoms with Crippen molar-refractivity contribution in [2.45, 2.75) is 20.3 Å². The van der Waals surface area contributed by atoms with Crippen LogP contribution >= 0.6 is 0 Å². The zero-order chi connectivity index (χ0) is 18.4. The van der Waals surface area contributed by atoms with Crippen molar-refractivity contribution in [3.63, 3.8) is 0 Å². The molecule has 132 valence electrons. The average molecular weight is 350 g/mol. The summed E-state index contributed by atoms with van der Waals surface area (Å²) in [7, 11) is 1.90. The predicted octanol–water partition coefficient (Wildman–Crippen LogP) is 4.89. The van der Waals surface area contributed by atoms with Crippen LogP contribution in [0.3, 0.4) is 0 Å². The van der Waals surface area contributed by atoms with Gasteiger partial charge in [0.1, 0.15) is 17.1 Å². The zero-order valence-electron chi connectivity index (χ0n) is 14.9. The van der Waals surface area contributed by atoms with Gasteiger partial charge < -0.3 is 8.98 Å². The summed E-state index contributed by atoms with van der Waals surface area (Å²) in [4.78, 5) is 16.5. The average Bonchev–Trinajstić information content (AvgIpc) is 3.15. The lowest BCUT2D eigenvalue weighted by Crippen LogP contribution is -2.09. The summed E-state index contributed by atoms with van der Waals surface area (Å²) in [5, 5.41) is 0.759. The van der Waals surface area contributed by atoms with Gasteiger partial charge >= 0.3 is 0 Å². The van der Waals surface area contributed by atoms with Crippen molar-refractivity contribution in [3.05, 3.63) is 54.0 Å². The normalized spacial score (nSPS) is 11.7. The molecule has 4 aromatic rings. The van der Waals surface area contributed by atoms with Gasteiger partial charge in [0.25, 0.3) is 0 Å². The Morgan fingerprint density at radius 3 is 2.81 bits per heavy atom. The Morgan fingerprint density at radius 2 is 2.04 bits per heavy atom. The number of hydrogen-bond donors (Lipinski definition) is 0. The minimum absolute atomic E-state index is 0.00145. The van der Waals surface area contributed by atoms with E-state index in [0.29, 0.717) is 23.4 Å². The molecule has 0 amide bonds. The van der Waals surface area contributed by atoms with Gasteiger partial charge in [-0.2, -0.15) is 0 Å². The van der Waals surface area contributed by atoms with Crippen LogP contribution in [0.15, 0.2) is 47.0 Å². The van der Waals surface area contributed by atoms with Gasteiger partial charge in [-0.25, -0.2) is 9.37 Å². The molecular formula is C21H19FN2O2. The summed E-state index contributed by atoms with van der Waals surface area (Å²) in [6.07, 6.45) is 2.27. The van der Waals surface area contributed by atoms with Crippen LogP contribution in [0.5, 0.6) is 0 Å². The van der Waals surface area contributed by atoms with Crippen molar-refractivity contribution in [3.8, 4) is 11.5 Å². The number of aryl methyl sites for hydroxylation is 1. The van der Waals surface area contributed by atoms with Crippen molar-refractivity contribution < 1.29 is 13.6 Å². The number of ketones is 1. The Morgan fingerprint density at radius 1 is 1.23 bits per heavy atom. The first-order valence-electron chi connectivity index (χ1n) is 8.59. The van der Waals surface area contributed by atoms with Gasteiger partial charge in [-0.05, 0) is 35.9 Å². The number of hydrogen-bond acceptors (Lipinski definition) is 3. The van der Waals surface area contributed by atoms with E-state index in [1.807, 2.05) is 49.9 Å². The predicted molar refractivity (Wildman–Crippen MR) is 99.4 cm³/mol. The molecular weight excluding hydrogens is 331 g/mol. The van der Waals surface area contributed by atoms with E-state index in [-0.39, 0.29) is 17.5 Å². The van der Waals surface area contributed by atoms with Crippen LogP contribution in [0, 0.1) is 11.7 Å². The largest absolute Gasteiger partial charge is 0.436 e. The Hall–Kier alpha value is -2.95. The number of aromatic nitrogens is 2. The summed E-state index contributed by atoms with van der Waals surface area (Å²) in [6.45, 7) is 3.79. The third kappa shape index (κ3) is 2.79. The zero-order valence-corrected chi connectivity index (χ0v) is 14.9. The number of halogens is 1. The maximum Gasteiger partial charge on any atom is 0.229 e. The number of Topliss-reactive ketones (excluding diaryl/α,β-unsaturated/α-hetero) is 1. The van der Waals surface area contributed by atoms with Crippen LogP contribution in [0.1, 0.15) is 19.4 Å². The van der Waals surface area contributed by atoms with E-state index in [4.69, 9.17) is 4.42 Å². The molecule has 0 bridgehead atoms. The van der Waals surface area contributed by atoms with Gasteiger partial charge in [0.15, 0.2) is 5.58 Å². The van der Waals surface area contributed by atoms with Crippen molar-refractivity contribution >= 4 is 27.8 Å². The summed E-state index contributed by atoms with van der Waals surface area (Å²) < 4.78 is 21.6. The van der Waals surface area contributed by atoms with Gasteiger partial charge in [0.05, 0.1) is 5.56 Å². The quantitative estimate of drug-likeness (QED) is 0.526. The number of fused-ring (bicyclic) bond motifs is 2. The molecule has 4 nitrogen and oxygen atoms in total. The molecule has 0 atom stereocenters. The number of benzene rings is 2. The molecule has 0 N–H and O–H groups in total. The minimum atomic E-state index is -0.296. The first-order chi connectivity index (χ1) is 12.4. The second kappa shape index (κ2) is 6.09. The monoisotopic (exact) mass is 350 g/mol. The highest BCUT2D eigenvalue weighted by molar-refractivity contribution is 5.95. The smallest absolute Gasteiger partial charge is 0.229 e. The molecule has 26 heavy (non-hydrogen) atoms. The summed E-state index contributed by atoms with van der Waals surface area (Å²) in [6, 6.07) is 10.3. The third-order valence-corrected chi connectivity index (χ3v) is 4.66. The molecule has 0 saturated carbocycles. The highest BCUT2D eigenvalue weighted by Crippen LogP contribution is 2.32. The van der Waals surface area contributed by atoms with Crippen LogP contribution in [0.4, 0.5) is 4.39 Å². The molecule has 0 unspecified atom stereocenters. The van der Waals surface area contributed by atoms with E-state index in [1.165, 1.54) is 12.1 Å². The van der Waals surface area contributed by atoms with E-state index < -0.39 is 0 Å². The highest BCUT2D eigenvalue weighted by Gasteiger charge is 2.16. The summed E-state index contributed by atoms with van der Waals surface area (Å²) in [5.41, 5.74) is 3.91. The lowest BCUT2D eigenvalue weighted by atomic mass is 10.0. The Balaban J connectivity index is 1.79. The fourth-order valence-corrected chi connectivity index (χ4v) is 3.13. The van der Waals surface area contributed by atoms with Crippen molar-refractivity contribution in [1.82, 2.24) is 9.55 Å². The molecule has 0 saturated heterocycles. The Bertz CT molecular complexity index is 1140. The number of nitrogens with zero attached hydrogens (tertiary/aromatic N) is 2. The molecule has 0 aliphatic carbocycles. The van der Waals surface area contributed by atoms with Gasteiger partial charge in [-0.1, -0.05) is 19.9 Å². The molecule has 2 aromatic heterocycles. The van der Waals surface area contributed by atoms with Gasteiger partial charge in [-0.15, -0.1) is 0 Å². The topological polar surface area (TPSA) is 48.0 Å². The van der Waals surface area contributed by atoms with Crippen molar-refractivity contribution in [1.29, 1.82) is 0 Å². The van der Waals surface area contributed by atoms with E-state index in [0.717, 1.165) is 22.0 Å². The van der Waals surface area contributed by atoms with Gasteiger partial charge in [-0.3, -0.25) is 4.79 Å². The Labute approximate surface area is 150 Å². The van der Waals surface area contributed by atoms with E-state index >= 15 is 0 Å². The summed E-state index contributed by atoms with van der Waals surface area (Å²) in [5.74, 6) is 0.342. The fraction of sp³-hybridized carbons (Fsp3) is 0.238. The third-order valence-electron chi connectivity index (χ3n) is 4.66. The van der Waals surface area contributed by atoms with E-state index in [2.05, 4.69) is 4.98 Å². The molecule has 0 fully saturated rings. The number of rotatable bonds is 4.